The van der Waals surface area contributed by atoms with E-state index < -0.39 is 10.7 Å². The molecule has 7 heteroatoms. The quantitative estimate of drug-likeness (QED) is 0.487. The van der Waals surface area contributed by atoms with E-state index in [4.69, 9.17) is 0 Å². The summed E-state index contributed by atoms with van der Waals surface area (Å²) in [5.41, 5.74) is 1.13. The number of carbonyl (C=O) groups excluding carboxylic acids is 1. The summed E-state index contributed by atoms with van der Waals surface area (Å²) in [5.74, 6) is -0.718. The molecule has 2 aromatic rings. The summed E-state index contributed by atoms with van der Waals surface area (Å²) in [6.07, 6.45) is 0. The van der Waals surface area contributed by atoms with Crippen LogP contribution in [-0.4, -0.2) is 10.8 Å². The molecule has 2 rings (SSSR count). The van der Waals surface area contributed by atoms with Gasteiger partial charge in [-0.3, -0.25) is 14.9 Å². The molecule has 21 heavy (non-hydrogen) atoms. The van der Waals surface area contributed by atoms with Gasteiger partial charge >= 0.3 is 0 Å². The van der Waals surface area contributed by atoms with E-state index in [1.54, 1.807) is 12.1 Å². The molecule has 2 aromatic carbocycles. The summed E-state index contributed by atoms with van der Waals surface area (Å²) in [5, 5.41) is 13.2. The Morgan fingerprint density at radius 2 is 1.90 bits per heavy atom. The number of hydrogen-bond acceptors (Lipinski definition) is 3. The maximum Gasteiger partial charge on any atom is 0.269 e. The molecule has 0 aromatic heterocycles. The van der Waals surface area contributed by atoms with Crippen LogP contribution in [0.2, 0.25) is 0 Å². The van der Waals surface area contributed by atoms with Gasteiger partial charge in [0.05, 0.1) is 10.5 Å². The van der Waals surface area contributed by atoms with Crippen LogP contribution in [0.4, 0.5) is 10.1 Å². The maximum atomic E-state index is 13.0. The molecule has 1 N–H and O–H groups in total. The molecule has 0 bridgehead atoms. The molecule has 108 valence electrons. The van der Waals surface area contributed by atoms with Gasteiger partial charge in [-0.2, -0.15) is 0 Å². The molecule has 0 aliphatic heterocycles. The third-order valence-corrected chi connectivity index (χ3v) is 3.67. The van der Waals surface area contributed by atoms with Gasteiger partial charge in [-0.15, -0.1) is 0 Å². The highest BCUT2D eigenvalue weighted by Gasteiger charge is 2.11. The van der Waals surface area contributed by atoms with Gasteiger partial charge in [-0.05, 0) is 46.4 Å². The summed E-state index contributed by atoms with van der Waals surface area (Å²) < 4.78 is 13.5. The molecular weight excluding hydrogens is 390 g/mol. The van der Waals surface area contributed by atoms with Crippen LogP contribution in [0.15, 0.2) is 42.5 Å². The number of halogens is 2. The van der Waals surface area contributed by atoms with Crippen molar-refractivity contribution in [3.8, 4) is 0 Å². The molecule has 0 fully saturated rings. The molecule has 0 atom stereocenters. The summed E-state index contributed by atoms with van der Waals surface area (Å²) in [4.78, 5) is 22.0. The van der Waals surface area contributed by atoms with Crippen LogP contribution in [0.1, 0.15) is 15.9 Å². The van der Waals surface area contributed by atoms with E-state index in [-0.39, 0.29) is 18.1 Å². The van der Waals surface area contributed by atoms with Crippen molar-refractivity contribution in [3.63, 3.8) is 0 Å². The zero-order valence-corrected chi connectivity index (χ0v) is 12.8. The molecule has 0 aliphatic carbocycles. The average molecular weight is 400 g/mol. The number of non-ortho nitro benzene ring substituents is 1. The Kier molecular flexibility index (Phi) is 4.84. The van der Waals surface area contributed by atoms with Crippen LogP contribution in [0.3, 0.4) is 0 Å². The number of hydrogen-bond donors (Lipinski definition) is 1. The second kappa shape index (κ2) is 6.61. The summed E-state index contributed by atoms with van der Waals surface area (Å²) in [6, 6.07) is 9.83. The molecule has 5 nitrogen and oxygen atoms in total. The van der Waals surface area contributed by atoms with Crippen molar-refractivity contribution in [2.45, 2.75) is 6.54 Å². The molecule has 0 unspecified atom stereocenters. The fourth-order valence-corrected chi connectivity index (χ4v) is 2.41. The van der Waals surface area contributed by atoms with Crippen molar-refractivity contribution in [2.75, 3.05) is 0 Å². The first-order valence-electron chi connectivity index (χ1n) is 5.94. The van der Waals surface area contributed by atoms with Crippen molar-refractivity contribution < 1.29 is 14.1 Å². The van der Waals surface area contributed by atoms with Gasteiger partial charge < -0.3 is 5.32 Å². The van der Waals surface area contributed by atoms with Gasteiger partial charge in [0.1, 0.15) is 5.82 Å². The number of nitro groups is 1. The van der Waals surface area contributed by atoms with Crippen molar-refractivity contribution in [1.82, 2.24) is 5.32 Å². The number of amides is 1. The molecule has 0 saturated carbocycles. The van der Waals surface area contributed by atoms with Crippen molar-refractivity contribution >= 4 is 34.2 Å². The third kappa shape index (κ3) is 3.97. The Labute approximate surface area is 133 Å². The second-order valence-electron chi connectivity index (χ2n) is 4.23. The molecule has 0 radical (unpaired) electrons. The van der Waals surface area contributed by atoms with Gasteiger partial charge in [0.15, 0.2) is 0 Å². The summed E-state index contributed by atoms with van der Waals surface area (Å²) >= 11 is 1.89. The normalized spacial score (nSPS) is 10.2. The number of rotatable bonds is 4. The minimum Gasteiger partial charge on any atom is -0.348 e. The number of carbonyl (C=O) groups is 1. The molecule has 1 amide bonds. The summed E-state index contributed by atoms with van der Waals surface area (Å²) in [6.45, 7) is 0.240. The standard InChI is InChI=1S/C14H10FIN2O3/c15-10-3-6-12(13(16)7-10)14(19)17-8-9-1-4-11(5-2-9)18(20)21/h1-7H,8H2,(H,17,19). The van der Waals surface area contributed by atoms with Crippen LogP contribution >= 0.6 is 22.6 Å². The predicted molar refractivity (Wildman–Crippen MR) is 83.4 cm³/mol. The monoisotopic (exact) mass is 400 g/mol. The van der Waals surface area contributed by atoms with E-state index in [1.165, 1.54) is 30.3 Å². The molecule has 0 spiro atoms. The minimum absolute atomic E-state index is 0.00170. The van der Waals surface area contributed by atoms with E-state index in [0.29, 0.717) is 9.13 Å². The lowest BCUT2D eigenvalue weighted by molar-refractivity contribution is -0.384. The SMILES string of the molecule is O=C(NCc1ccc([N+](=O)[O-])cc1)c1ccc(F)cc1I. The summed E-state index contributed by atoms with van der Waals surface area (Å²) in [7, 11) is 0. The van der Waals surface area contributed by atoms with Crippen LogP contribution in [0, 0.1) is 19.5 Å². The van der Waals surface area contributed by atoms with Crippen molar-refractivity contribution in [1.29, 1.82) is 0 Å². The molecule has 0 saturated heterocycles. The van der Waals surface area contributed by atoms with Gasteiger partial charge in [0, 0.05) is 22.2 Å². The van der Waals surface area contributed by atoms with Crippen LogP contribution in [0.25, 0.3) is 0 Å². The van der Waals surface area contributed by atoms with E-state index in [0.717, 1.165) is 5.56 Å². The maximum absolute atomic E-state index is 13.0. The van der Waals surface area contributed by atoms with Crippen molar-refractivity contribution in [3.05, 3.63) is 73.1 Å². The zero-order valence-electron chi connectivity index (χ0n) is 10.7. The third-order valence-electron chi connectivity index (χ3n) is 2.78. The Hall–Kier alpha value is -2.03. The highest BCUT2D eigenvalue weighted by atomic mass is 127. The Bertz CT molecular complexity index is 689. The number of benzene rings is 2. The van der Waals surface area contributed by atoms with Crippen molar-refractivity contribution in [2.24, 2.45) is 0 Å². The van der Waals surface area contributed by atoms with Crippen LogP contribution in [0.5, 0.6) is 0 Å². The fraction of sp³-hybridized carbons (Fsp3) is 0.0714. The largest absolute Gasteiger partial charge is 0.348 e. The van der Waals surface area contributed by atoms with Gasteiger partial charge in [-0.25, -0.2) is 4.39 Å². The second-order valence-corrected chi connectivity index (χ2v) is 5.39. The minimum atomic E-state index is -0.483. The number of nitro benzene ring substituents is 1. The predicted octanol–water partition coefficient (Wildman–Crippen LogP) is 3.27. The Morgan fingerprint density at radius 3 is 2.48 bits per heavy atom. The van der Waals surface area contributed by atoms with Gasteiger partial charge in [-0.1, -0.05) is 12.1 Å². The highest BCUT2D eigenvalue weighted by molar-refractivity contribution is 14.1. The Balaban J connectivity index is 2.02. The lowest BCUT2D eigenvalue weighted by Gasteiger charge is -2.07. The van der Waals surface area contributed by atoms with E-state index in [2.05, 4.69) is 5.32 Å². The lowest BCUT2D eigenvalue weighted by Crippen LogP contribution is -2.23. The molecule has 0 heterocycles. The first-order chi connectivity index (χ1) is 9.97. The lowest BCUT2D eigenvalue weighted by atomic mass is 10.2. The molecule has 0 aliphatic rings. The fourth-order valence-electron chi connectivity index (χ4n) is 1.69. The topological polar surface area (TPSA) is 72.2 Å². The smallest absolute Gasteiger partial charge is 0.269 e. The van der Waals surface area contributed by atoms with Gasteiger partial charge in [0.25, 0.3) is 11.6 Å². The number of nitrogens with zero attached hydrogens (tertiary/aromatic N) is 1. The van der Waals surface area contributed by atoms with E-state index in [1.807, 2.05) is 22.6 Å². The van der Waals surface area contributed by atoms with Gasteiger partial charge in [0.2, 0.25) is 0 Å². The Morgan fingerprint density at radius 1 is 1.24 bits per heavy atom. The van der Waals surface area contributed by atoms with E-state index in [9.17, 15) is 19.3 Å². The van der Waals surface area contributed by atoms with Crippen LogP contribution < -0.4 is 5.32 Å². The average Bonchev–Trinajstić information content (AvgIpc) is 2.45. The first-order valence-corrected chi connectivity index (χ1v) is 7.02. The molecular formula is C14H10FIN2O3. The first kappa shape index (κ1) is 15.4. The highest BCUT2D eigenvalue weighted by Crippen LogP contribution is 2.15. The van der Waals surface area contributed by atoms with E-state index >= 15 is 0 Å². The zero-order chi connectivity index (χ0) is 15.4. The van der Waals surface area contributed by atoms with Crippen LogP contribution in [-0.2, 0) is 6.54 Å². The number of nitrogens with one attached hydrogen (secondary N) is 1.